The fourth-order valence-electron chi connectivity index (χ4n) is 4.29. The van der Waals surface area contributed by atoms with Crippen LogP contribution in [-0.2, 0) is 6.18 Å². The summed E-state index contributed by atoms with van der Waals surface area (Å²) in [7, 11) is 0. The zero-order valence-electron chi connectivity index (χ0n) is 29.4. The van der Waals surface area contributed by atoms with Gasteiger partial charge < -0.3 is 39.7 Å². The van der Waals surface area contributed by atoms with E-state index in [0.717, 1.165) is 17.7 Å². The van der Waals surface area contributed by atoms with Crippen LogP contribution in [0.15, 0.2) is 76.0 Å². The zero-order valence-corrected chi connectivity index (χ0v) is 29.4. The van der Waals surface area contributed by atoms with Crippen molar-refractivity contribution in [3.8, 4) is 82.5 Å². The minimum Gasteiger partial charge on any atom is -0.386 e. The van der Waals surface area contributed by atoms with Gasteiger partial charge in [0, 0.05) is 28.9 Å². The summed E-state index contributed by atoms with van der Waals surface area (Å²) >= 11 is 0. The molecule has 0 aromatic heterocycles. The number of guanidine groups is 2. The van der Waals surface area contributed by atoms with Crippen LogP contribution in [0.3, 0.4) is 0 Å². The molecular weight excluding hydrogens is 678 g/mol. The molecule has 13 heteroatoms. The Morgan fingerprint density at radius 1 is 0.623 bits per heavy atom. The van der Waals surface area contributed by atoms with Crippen molar-refractivity contribution in [3.63, 3.8) is 0 Å². The van der Waals surface area contributed by atoms with E-state index in [-0.39, 0.29) is 49.3 Å². The topological polar surface area (TPSA) is 205 Å². The largest absolute Gasteiger partial charge is 0.416 e. The maximum Gasteiger partial charge on any atom is 0.416 e. The summed E-state index contributed by atoms with van der Waals surface area (Å²) in [5.74, 6) is 23.9. The minimum absolute atomic E-state index is 0.0336. The summed E-state index contributed by atoms with van der Waals surface area (Å²) in [6.07, 6.45) is 3.34. The summed E-state index contributed by atoms with van der Waals surface area (Å²) < 4.78 is 43.2. The van der Waals surface area contributed by atoms with E-state index in [1.807, 2.05) is 13.8 Å². The lowest BCUT2D eigenvalue weighted by atomic mass is 9.92. The Bertz CT molecular complexity index is 2120. The maximum absolute atomic E-state index is 14.4. The van der Waals surface area contributed by atoms with Crippen LogP contribution in [0, 0.1) is 60.2 Å². The molecule has 0 atom stereocenters. The van der Waals surface area contributed by atoms with E-state index >= 15 is 0 Å². The zero-order chi connectivity index (χ0) is 39.4. The van der Waals surface area contributed by atoms with Crippen LogP contribution in [0.4, 0.5) is 13.2 Å². The van der Waals surface area contributed by atoms with Crippen molar-refractivity contribution in [2.45, 2.75) is 20.0 Å². The van der Waals surface area contributed by atoms with Crippen molar-refractivity contribution in [2.24, 2.45) is 44.4 Å². The Hall–Kier alpha value is -6.95. The summed E-state index contributed by atoms with van der Waals surface area (Å²) in [6.45, 7) is 4.60. The standard InChI is InChI=1S/C38H39F3N10.C2H2/c1-25(2)35(43)49-12-4-8-27-16-29(10-6-14-51-37(46)47)20-31(18-27)33-21-32(22-34(23-33)38(39,40)41)30-17-26(7-3-11-48-24-42)15-28(19-30)9-5-13-50-36(44)45;1-2/h15-23,48-49H,11-14,24,42-43H2,1-2H3,(H4,44,45,50)(H4,46,47,51);1-2H. The SMILES string of the molecule is C#C.CC(C)=C(N)NCC#Cc1cc(C#CCN=C(N)N)cc(-c2cc(-c3cc(C#CCN=C(N)N)cc(C#CCNCN)c3)cc(C(F)(F)F)c2)c1. The van der Waals surface area contributed by atoms with E-state index < -0.39 is 11.7 Å². The molecule has 3 aromatic carbocycles. The summed E-state index contributed by atoms with van der Waals surface area (Å²) in [4.78, 5) is 7.72. The van der Waals surface area contributed by atoms with E-state index in [1.54, 1.807) is 42.5 Å². The highest BCUT2D eigenvalue weighted by atomic mass is 19.4. The van der Waals surface area contributed by atoms with Gasteiger partial charge in [0.05, 0.1) is 24.5 Å². The van der Waals surface area contributed by atoms with Gasteiger partial charge in [-0.25, -0.2) is 9.98 Å². The Morgan fingerprint density at radius 3 is 1.40 bits per heavy atom. The number of allylic oxidation sites excluding steroid dienone is 1. The molecule has 0 saturated carbocycles. The third-order valence-corrected chi connectivity index (χ3v) is 6.67. The molecule has 0 aliphatic rings. The first kappa shape index (κ1) is 42.2. The molecule has 0 aliphatic heterocycles. The number of rotatable bonds is 8. The molecule has 0 aliphatic carbocycles. The fourth-order valence-corrected chi connectivity index (χ4v) is 4.29. The molecule has 3 aromatic rings. The van der Waals surface area contributed by atoms with Gasteiger partial charge in [-0.05, 0) is 96.3 Å². The lowest BCUT2D eigenvalue weighted by molar-refractivity contribution is -0.137. The number of nitrogens with zero attached hydrogens (tertiary/aromatic N) is 2. The molecule has 0 saturated heterocycles. The normalized spacial score (nSPS) is 9.66. The Kier molecular flexibility index (Phi) is 17.0. The molecule has 0 fully saturated rings. The maximum atomic E-state index is 14.4. The van der Waals surface area contributed by atoms with Crippen LogP contribution < -0.4 is 45.0 Å². The average molecular weight is 719 g/mol. The molecule has 0 spiro atoms. The number of aliphatic imine (C=N–C) groups is 2. The van der Waals surface area contributed by atoms with Gasteiger partial charge in [0.15, 0.2) is 11.9 Å². The van der Waals surface area contributed by atoms with Crippen LogP contribution in [0.25, 0.3) is 22.3 Å². The van der Waals surface area contributed by atoms with E-state index in [1.165, 1.54) is 0 Å². The molecule has 0 amide bonds. The highest BCUT2D eigenvalue weighted by Gasteiger charge is 2.31. The Morgan fingerprint density at radius 2 is 1.02 bits per heavy atom. The molecule has 10 nitrogen and oxygen atoms in total. The van der Waals surface area contributed by atoms with Crippen molar-refractivity contribution >= 4 is 11.9 Å². The first-order valence-corrected chi connectivity index (χ1v) is 15.8. The van der Waals surface area contributed by atoms with E-state index in [4.69, 9.17) is 34.4 Å². The number of nitrogens with two attached hydrogens (primary N) is 6. The molecular formula is C40H41F3N10. The van der Waals surface area contributed by atoms with Crippen LogP contribution >= 0.6 is 0 Å². The predicted octanol–water partition coefficient (Wildman–Crippen LogP) is 2.55. The molecule has 272 valence electrons. The van der Waals surface area contributed by atoms with Crippen LogP contribution in [-0.4, -0.2) is 44.8 Å². The highest BCUT2D eigenvalue weighted by molar-refractivity contribution is 5.78. The van der Waals surface area contributed by atoms with Gasteiger partial charge in [-0.1, -0.05) is 47.4 Å². The second kappa shape index (κ2) is 21.3. The van der Waals surface area contributed by atoms with Gasteiger partial charge in [0.2, 0.25) is 0 Å². The van der Waals surface area contributed by atoms with Gasteiger partial charge in [-0.3, -0.25) is 5.32 Å². The Balaban J connectivity index is 0.00000477. The molecule has 14 N–H and O–H groups in total. The number of alkyl halides is 3. The van der Waals surface area contributed by atoms with Crippen molar-refractivity contribution in [1.29, 1.82) is 0 Å². The second-order valence-corrected chi connectivity index (χ2v) is 11.0. The fraction of sp³-hybridized carbons (Fsp3) is 0.200. The molecule has 53 heavy (non-hydrogen) atoms. The van der Waals surface area contributed by atoms with Crippen molar-refractivity contribution in [1.82, 2.24) is 10.6 Å². The van der Waals surface area contributed by atoms with Crippen molar-refractivity contribution < 1.29 is 13.2 Å². The number of halogens is 3. The van der Waals surface area contributed by atoms with E-state index in [0.29, 0.717) is 45.7 Å². The second-order valence-electron chi connectivity index (χ2n) is 11.0. The van der Waals surface area contributed by atoms with Gasteiger partial charge in [0.1, 0.15) is 13.1 Å². The lowest BCUT2D eigenvalue weighted by Crippen LogP contribution is -2.22. The number of hydrogen-bond donors (Lipinski definition) is 8. The molecule has 0 bridgehead atoms. The average Bonchev–Trinajstić information content (AvgIpc) is 3.12. The molecule has 0 heterocycles. The van der Waals surface area contributed by atoms with E-state index in [2.05, 4.69) is 80.8 Å². The highest BCUT2D eigenvalue weighted by Crippen LogP contribution is 2.37. The summed E-state index contributed by atoms with van der Waals surface area (Å²) in [5.41, 5.74) is 36.6. The first-order valence-electron chi connectivity index (χ1n) is 15.8. The quantitative estimate of drug-likeness (QED) is 0.0570. The van der Waals surface area contributed by atoms with Gasteiger partial charge in [-0.15, -0.1) is 12.8 Å². The lowest BCUT2D eigenvalue weighted by Gasteiger charge is -2.14. The van der Waals surface area contributed by atoms with Crippen LogP contribution in [0.2, 0.25) is 0 Å². The minimum atomic E-state index is -4.66. The van der Waals surface area contributed by atoms with Crippen molar-refractivity contribution in [3.05, 3.63) is 93.8 Å². The molecule has 0 radical (unpaired) electrons. The number of nitrogens with one attached hydrogen (secondary N) is 2. The van der Waals surface area contributed by atoms with Gasteiger partial charge in [0.25, 0.3) is 0 Å². The van der Waals surface area contributed by atoms with E-state index in [9.17, 15) is 13.2 Å². The van der Waals surface area contributed by atoms with Crippen LogP contribution in [0.5, 0.6) is 0 Å². The molecule has 3 rings (SSSR count). The molecule has 0 unspecified atom stereocenters. The van der Waals surface area contributed by atoms with Gasteiger partial charge in [-0.2, -0.15) is 13.2 Å². The predicted molar refractivity (Wildman–Crippen MR) is 209 cm³/mol. The monoisotopic (exact) mass is 718 g/mol. The van der Waals surface area contributed by atoms with Crippen LogP contribution in [0.1, 0.15) is 41.7 Å². The first-order chi connectivity index (χ1) is 25.2. The summed E-state index contributed by atoms with van der Waals surface area (Å²) in [5, 5.41) is 5.91. The smallest absolute Gasteiger partial charge is 0.386 e. The third-order valence-electron chi connectivity index (χ3n) is 6.67. The number of hydrogen-bond acceptors (Lipinski definition) is 6. The third kappa shape index (κ3) is 15.2. The Labute approximate surface area is 308 Å². The number of terminal acetylenes is 1. The number of benzene rings is 3. The van der Waals surface area contributed by atoms with Crippen molar-refractivity contribution in [2.75, 3.05) is 32.8 Å². The summed E-state index contributed by atoms with van der Waals surface area (Å²) in [6, 6.07) is 14.0. The van der Waals surface area contributed by atoms with Gasteiger partial charge >= 0.3 is 6.18 Å².